The fraction of sp³-hybridized carbons (Fsp3) is 0.308. The first-order valence-corrected chi connectivity index (χ1v) is 6.55. The van der Waals surface area contributed by atoms with Crippen LogP contribution in [0, 0.1) is 4.77 Å². The maximum absolute atomic E-state index is 12.1. The molecule has 5 nitrogen and oxygen atoms in total. The summed E-state index contributed by atoms with van der Waals surface area (Å²) in [6, 6.07) is 8.89. The van der Waals surface area contributed by atoms with Crippen LogP contribution < -0.4 is 5.32 Å². The van der Waals surface area contributed by atoms with E-state index in [1.165, 1.54) is 0 Å². The molecule has 0 bridgehead atoms. The summed E-state index contributed by atoms with van der Waals surface area (Å²) in [6.45, 7) is 4.59. The second-order valence-corrected chi connectivity index (χ2v) is 4.58. The van der Waals surface area contributed by atoms with Gasteiger partial charge < -0.3 is 9.88 Å². The van der Waals surface area contributed by atoms with Gasteiger partial charge >= 0.3 is 0 Å². The summed E-state index contributed by atoms with van der Waals surface area (Å²) < 4.78 is 2.43. The van der Waals surface area contributed by atoms with Crippen molar-refractivity contribution in [1.29, 1.82) is 0 Å². The summed E-state index contributed by atoms with van der Waals surface area (Å²) in [5.41, 5.74) is 0.631. The summed E-state index contributed by atoms with van der Waals surface area (Å²) in [5, 5.41) is 9.82. The number of hydrogen-bond acceptors (Lipinski definition) is 3. The van der Waals surface area contributed by atoms with E-state index in [0.29, 0.717) is 10.3 Å². The average Bonchev–Trinajstić information content (AvgIpc) is 2.80. The summed E-state index contributed by atoms with van der Waals surface area (Å²) in [5.74, 6) is 0.612. The molecule has 0 spiro atoms. The predicted molar refractivity (Wildman–Crippen MR) is 75.4 cm³/mol. The van der Waals surface area contributed by atoms with Crippen molar-refractivity contribution in [3.8, 4) is 0 Å². The van der Waals surface area contributed by atoms with E-state index in [-0.39, 0.29) is 11.9 Å². The van der Waals surface area contributed by atoms with Gasteiger partial charge in [-0.1, -0.05) is 18.2 Å². The molecule has 19 heavy (non-hydrogen) atoms. The highest BCUT2D eigenvalue weighted by molar-refractivity contribution is 7.71. The van der Waals surface area contributed by atoms with E-state index in [0.717, 1.165) is 12.4 Å². The van der Waals surface area contributed by atoms with Gasteiger partial charge in [-0.05, 0) is 38.2 Å². The van der Waals surface area contributed by atoms with Gasteiger partial charge in [-0.3, -0.25) is 9.89 Å². The number of H-pyrrole nitrogens is 1. The zero-order valence-corrected chi connectivity index (χ0v) is 11.7. The number of carbonyl (C=O) groups excluding carboxylic acids is 1. The van der Waals surface area contributed by atoms with Crippen LogP contribution in [0.5, 0.6) is 0 Å². The highest BCUT2D eigenvalue weighted by Crippen LogP contribution is 2.11. The first kappa shape index (κ1) is 13.5. The van der Waals surface area contributed by atoms with E-state index >= 15 is 0 Å². The molecule has 0 unspecified atom stereocenters. The van der Waals surface area contributed by atoms with Gasteiger partial charge in [0.2, 0.25) is 0 Å². The molecule has 100 valence electrons. The molecule has 0 radical (unpaired) electrons. The van der Waals surface area contributed by atoms with Crippen LogP contribution in [0.4, 0.5) is 0 Å². The SMILES string of the molecule is CCn1c([C@@H](C)NC(=O)c2ccccc2)n[nH]c1=S. The molecule has 1 aromatic carbocycles. The lowest BCUT2D eigenvalue weighted by Crippen LogP contribution is -2.28. The monoisotopic (exact) mass is 276 g/mol. The molecule has 1 atom stereocenters. The highest BCUT2D eigenvalue weighted by Gasteiger charge is 2.16. The van der Waals surface area contributed by atoms with E-state index in [1.807, 2.05) is 36.6 Å². The van der Waals surface area contributed by atoms with Crippen molar-refractivity contribution in [2.45, 2.75) is 26.4 Å². The highest BCUT2D eigenvalue weighted by atomic mass is 32.1. The molecule has 2 N–H and O–H groups in total. The zero-order valence-electron chi connectivity index (χ0n) is 10.9. The molecule has 0 aliphatic heterocycles. The third kappa shape index (κ3) is 2.90. The molecule has 1 aromatic heterocycles. The lowest BCUT2D eigenvalue weighted by atomic mass is 10.2. The topological polar surface area (TPSA) is 62.7 Å². The largest absolute Gasteiger partial charge is 0.342 e. The molecule has 0 aliphatic carbocycles. The van der Waals surface area contributed by atoms with Crippen LogP contribution in [0.25, 0.3) is 0 Å². The van der Waals surface area contributed by atoms with E-state index in [9.17, 15) is 4.79 Å². The number of hydrogen-bond donors (Lipinski definition) is 2. The maximum Gasteiger partial charge on any atom is 0.251 e. The number of benzene rings is 1. The molecule has 0 saturated carbocycles. The number of nitrogens with one attached hydrogen (secondary N) is 2. The van der Waals surface area contributed by atoms with Crippen LogP contribution in [0.15, 0.2) is 30.3 Å². The molecule has 2 rings (SSSR count). The second kappa shape index (κ2) is 5.79. The quantitative estimate of drug-likeness (QED) is 0.843. The van der Waals surface area contributed by atoms with E-state index in [2.05, 4.69) is 15.5 Å². The Labute approximate surface area is 116 Å². The van der Waals surface area contributed by atoms with Crippen molar-refractivity contribution < 1.29 is 4.79 Å². The van der Waals surface area contributed by atoms with Gasteiger partial charge in [-0.2, -0.15) is 5.10 Å². The predicted octanol–water partition coefficient (Wildman–Crippen LogP) is 2.45. The number of amides is 1. The maximum atomic E-state index is 12.1. The Bertz CT molecular complexity index is 617. The van der Waals surface area contributed by atoms with Crippen LogP contribution in [0.2, 0.25) is 0 Å². The molecule has 0 saturated heterocycles. The lowest BCUT2D eigenvalue weighted by molar-refractivity contribution is 0.0937. The number of aromatic nitrogens is 3. The van der Waals surface area contributed by atoms with E-state index in [4.69, 9.17) is 12.2 Å². The van der Waals surface area contributed by atoms with Crippen molar-refractivity contribution in [2.24, 2.45) is 0 Å². The van der Waals surface area contributed by atoms with Crippen LogP contribution in [0.1, 0.15) is 36.1 Å². The molecular formula is C13H16N4OS. The standard InChI is InChI=1S/C13H16N4OS/c1-3-17-11(15-16-13(17)19)9(2)14-12(18)10-7-5-4-6-8-10/h4-9H,3H2,1-2H3,(H,14,18)(H,16,19)/t9-/m1/s1. The summed E-state index contributed by atoms with van der Waals surface area (Å²) in [7, 11) is 0. The van der Waals surface area contributed by atoms with Gasteiger partial charge in [-0.15, -0.1) is 0 Å². The van der Waals surface area contributed by atoms with Crippen molar-refractivity contribution in [3.63, 3.8) is 0 Å². The Hall–Kier alpha value is -1.95. The second-order valence-electron chi connectivity index (χ2n) is 4.19. The molecule has 0 fully saturated rings. The minimum Gasteiger partial charge on any atom is -0.342 e. The molecular weight excluding hydrogens is 260 g/mol. The Kier molecular flexibility index (Phi) is 4.11. The van der Waals surface area contributed by atoms with Gasteiger partial charge in [0.15, 0.2) is 10.6 Å². The summed E-state index contributed by atoms with van der Waals surface area (Å²) in [6.07, 6.45) is 0. The number of aromatic amines is 1. The van der Waals surface area contributed by atoms with Gasteiger partial charge in [0, 0.05) is 12.1 Å². The van der Waals surface area contributed by atoms with Crippen LogP contribution in [-0.2, 0) is 6.54 Å². The van der Waals surface area contributed by atoms with Gasteiger partial charge in [0.25, 0.3) is 5.91 Å². The number of nitrogens with zero attached hydrogens (tertiary/aromatic N) is 2. The van der Waals surface area contributed by atoms with Gasteiger partial charge in [-0.25, -0.2) is 0 Å². The van der Waals surface area contributed by atoms with Crippen molar-refractivity contribution in [2.75, 3.05) is 0 Å². The van der Waals surface area contributed by atoms with Crippen molar-refractivity contribution >= 4 is 18.1 Å². The Morgan fingerprint density at radius 3 is 2.79 bits per heavy atom. The zero-order chi connectivity index (χ0) is 13.8. The lowest BCUT2D eigenvalue weighted by Gasteiger charge is -2.14. The van der Waals surface area contributed by atoms with E-state index in [1.54, 1.807) is 12.1 Å². The third-order valence-corrected chi connectivity index (χ3v) is 3.19. The van der Waals surface area contributed by atoms with Crippen LogP contribution in [-0.4, -0.2) is 20.7 Å². The fourth-order valence-electron chi connectivity index (χ4n) is 1.90. The Balaban J connectivity index is 2.15. The third-order valence-electron chi connectivity index (χ3n) is 2.87. The first-order valence-electron chi connectivity index (χ1n) is 6.14. The number of rotatable bonds is 4. The molecule has 2 aromatic rings. The molecule has 6 heteroatoms. The number of carbonyl (C=O) groups is 1. The normalized spacial score (nSPS) is 12.1. The molecule has 1 heterocycles. The van der Waals surface area contributed by atoms with Crippen molar-refractivity contribution in [1.82, 2.24) is 20.1 Å². The minimum absolute atomic E-state index is 0.121. The Morgan fingerprint density at radius 1 is 1.47 bits per heavy atom. The average molecular weight is 276 g/mol. The first-order chi connectivity index (χ1) is 9.13. The van der Waals surface area contributed by atoms with E-state index < -0.39 is 0 Å². The van der Waals surface area contributed by atoms with Gasteiger partial charge in [0.1, 0.15) is 0 Å². The fourth-order valence-corrected chi connectivity index (χ4v) is 2.17. The molecule has 0 aliphatic rings. The Morgan fingerprint density at radius 2 is 2.16 bits per heavy atom. The van der Waals surface area contributed by atoms with Gasteiger partial charge in [0.05, 0.1) is 6.04 Å². The minimum atomic E-state index is -0.208. The summed E-state index contributed by atoms with van der Waals surface area (Å²) in [4.78, 5) is 12.1. The summed E-state index contributed by atoms with van der Waals surface area (Å²) >= 11 is 5.13. The smallest absolute Gasteiger partial charge is 0.251 e. The van der Waals surface area contributed by atoms with Crippen LogP contribution >= 0.6 is 12.2 Å². The van der Waals surface area contributed by atoms with Crippen molar-refractivity contribution in [3.05, 3.63) is 46.5 Å². The van der Waals surface area contributed by atoms with Crippen LogP contribution in [0.3, 0.4) is 0 Å². The molecule has 1 amide bonds.